The van der Waals surface area contributed by atoms with Crippen LogP contribution in [0.2, 0.25) is 0 Å². The Morgan fingerprint density at radius 2 is 1.87 bits per heavy atom. The number of nitrogens with one attached hydrogen (secondary N) is 2. The molecule has 0 aliphatic rings. The van der Waals surface area contributed by atoms with Crippen LogP contribution >= 0.6 is 11.3 Å². The largest absolute Gasteiger partial charge is 0.352 e. The summed E-state index contributed by atoms with van der Waals surface area (Å²) >= 11 is 1.52. The van der Waals surface area contributed by atoms with Crippen LogP contribution in [0.1, 0.15) is 12.5 Å². The van der Waals surface area contributed by atoms with Gasteiger partial charge in [-0.1, -0.05) is 53.8 Å². The molecule has 6 heteroatoms. The fourth-order valence-corrected chi connectivity index (χ4v) is 2.89. The normalized spacial score (nSPS) is 11.4. The maximum atomic E-state index is 11.9. The summed E-state index contributed by atoms with van der Waals surface area (Å²) in [5, 5.41) is 7.86. The molecule has 0 bridgehead atoms. The molecule has 0 aliphatic carbocycles. The lowest BCUT2D eigenvalue weighted by Crippen LogP contribution is -2.26. The van der Waals surface area contributed by atoms with E-state index in [9.17, 15) is 4.79 Å². The molecule has 0 saturated heterocycles. The van der Waals surface area contributed by atoms with Crippen LogP contribution in [-0.4, -0.2) is 23.1 Å². The summed E-state index contributed by atoms with van der Waals surface area (Å²) in [6.07, 6.45) is 0. The third-order valence-electron chi connectivity index (χ3n) is 3.23. The van der Waals surface area contributed by atoms with Gasteiger partial charge >= 0.3 is 0 Å². The Morgan fingerprint density at radius 3 is 2.65 bits per heavy atom. The van der Waals surface area contributed by atoms with E-state index in [-0.39, 0.29) is 12.5 Å². The number of hydrogen-bond acceptors (Lipinski definition) is 5. The predicted molar refractivity (Wildman–Crippen MR) is 94.9 cm³/mol. The van der Waals surface area contributed by atoms with Crippen molar-refractivity contribution < 1.29 is 4.79 Å². The number of amides is 1. The van der Waals surface area contributed by atoms with Gasteiger partial charge in [-0.3, -0.25) is 4.79 Å². The van der Waals surface area contributed by atoms with Gasteiger partial charge in [0, 0.05) is 0 Å². The highest BCUT2D eigenvalue weighted by Crippen LogP contribution is 2.24. The summed E-state index contributed by atoms with van der Waals surface area (Å²) in [5.74, 6) is -0.209. The van der Waals surface area contributed by atoms with Crippen molar-refractivity contribution in [3.8, 4) is 0 Å². The average molecular weight is 324 g/mol. The van der Waals surface area contributed by atoms with Crippen molar-refractivity contribution in [3.05, 3.63) is 60.2 Å². The van der Waals surface area contributed by atoms with Gasteiger partial charge in [-0.05, 0) is 24.6 Å². The Labute approximate surface area is 138 Å². The van der Waals surface area contributed by atoms with E-state index in [1.807, 2.05) is 61.5 Å². The molecule has 1 heterocycles. The summed E-state index contributed by atoms with van der Waals surface area (Å²) in [4.78, 5) is 16.3. The van der Waals surface area contributed by atoms with E-state index in [2.05, 4.69) is 20.8 Å². The zero-order valence-corrected chi connectivity index (χ0v) is 13.4. The lowest BCUT2D eigenvalue weighted by molar-refractivity contribution is -0.119. The number of aromatic nitrogens is 1. The molecule has 0 saturated carbocycles. The van der Waals surface area contributed by atoms with Crippen molar-refractivity contribution >= 4 is 38.3 Å². The second-order valence-corrected chi connectivity index (χ2v) is 5.97. The molecule has 23 heavy (non-hydrogen) atoms. The van der Waals surface area contributed by atoms with Gasteiger partial charge in [0.1, 0.15) is 0 Å². The lowest BCUT2D eigenvalue weighted by Gasteiger charge is -2.03. The molecular weight excluding hydrogens is 308 g/mol. The van der Waals surface area contributed by atoms with Crippen molar-refractivity contribution in [2.24, 2.45) is 5.10 Å². The van der Waals surface area contributed by atoms with E-state index >= 15 is 0 Å². The number of carbonyl (C=O) groups excluding carboxylic acids is 1. The van der Waals surface area contributed by atoms with Crippen molar-refractivity contribution in [1.29, 1.82) is 0 Å². The summed E-state index contributed by atoms with van der Waals surface area (Å²) in [6, 6.07) is 17.6. The van der Waals surface area contributed by atoms with Crippen LogP contribution in [0.5, 0.6) is 0 Å². The SMILES string of the molecule is C/C(=N/NC(=O)CNc1nc2ccccc2s1)c1ccccc1. The smallest absolute Gasteiger partial charge is 0.259 e. The van der Waals surface area contributed by atoms with Gasteiger partial charge in [0.2, 0.25) is 0 Å². The Morgan fingerprint density at radius 1 is 1.13 bits per heavy atom. The maximum Gasteiger partial charge on any atom is 0.259 e. The summed E-state index contributed by atoms with van der Waals surface area (Å²) < 4.78 is 1.09. The van der Waals surface area contributed by atoms with E-state index in [0.29, 0.717) is 0 Å². The first kappa shape index (κ1) is 15.2. The number of hydrazone groups is 1. The van der Waals surface area contributed by atoms with Crippen LogP contribution in [-0.2, 0) is 4.79 Å². The third-order valence-corrected chi connectivity index (χ3v) is 4.23. The van der Waals surface area contributed by atoms with Gasteiger partial charge in [0.25, 0.3) is 5.91 Å². The molecule has 116 valence electrons. The highest BCUT2D eigenvalue weighted by Gasteiger charge is 2.05. The van der Waals surface area contributed by atoms with Crippen LogP contribution in [0.15, 0.2) is 59.7 Å². The highest BCUT2D eigenvalue weighted by atomic mass is 32.1. The number of thiazole rings is 1. The van der Waals surface area contributed by atoms with Gasteiger partial charge in [0.15, 0.2) is 5.13 Å². The summed E-state index contributed by atoms with van der Waals surface area (Å²) in [7, 11) is 0. The zero-order valence-electron chi connectivity index (χ0n) is 12.6. The lowest BCUT2D eigenvalue weighted by atomic mass is 10.1. The molecule has 5 nitrogen and oxygen atoms in total. The molecule has 0 unspecified atom stereocenters. The number of anilines is 1. The summed E-state index contributed by atoms with van der Waals surface area (Å²) in [6.45, 7) is 1.99. The number of carbonyl (C=O) groups is 1. The predicted octanol–water partition coefficient (Wildman–Crippen LogP) is 3.25. The van der Waals surface area contributed by atoms with E-state index in [0.717, 1.165) is 26.6 Å². The molecule has 2 aromatic carbocycles. The van der Waals surface area contributed by atoms with Crippen LogP contribution in [0, 0.1) is 0 Å². The van der Waals surface area contributed by atoms with Gasteiger partial charge < -0.3 is 5.32 Å². The molecule has 2 N–H and O–H groups in total. The first-order valence-electron chi connectivity index (χ1n) is 7.20. The molecule has 3 rings (SSSR count). The van der Waals surface area contributed by atoms with E-state index in [4.69, 9.17) is 0 Å². The monoisotopic (exact) mass is 324 g/mol. The van der Waals surface area contributed by atoms with Gasteiger partial charge in [-0.25, -0.2) is 10.4 Å². The van der Waals surface area contributed by atoms with Gasteiger partial charge in [-0.15, -0.1) is 0 Å². The Hall–Kier alpha value is -2.73. The van der Waals surface area contributed by atoms with E-state index in [1.54, 1.807) is 0 Å². The highest BCUT2D eigenvalue weighted by molar-refractivity contribution is 7.22. The van der Waals surface area contributed by atoms with Crippen molar-refractivity contribution in [2.75, 3.05) is 11.9 Å². The number of fused-ring (bicyclic) bond motifs is 1. The van der Waals surface area contributed by atoms with Gasteiger partial charge in [-0.2, -0.15) is 5.10 Å². The topological polar surface area (TPSA) is 66.4 Å². The third kappa shape index (κ3) is 3.92. The minimum atomic E-state index is -0.209. The van der Waals surface area contributed by atoms with Crippen molar-refractivity contribution in [2.45, 2.75) is 6.92 Å². The van der Waals surface area contributed by atoms with Crippen LogP contribution in [0.3, 0.4) is 0 Å². The molecule has 0 radical (unpaired) electrons. The molecule has 0 spiro atoms. The number of rotatable bonds is 5. The number of nitrogens with zero attached hydrogens (tertiary/aromatic N) is 2. The molecule has 3 aromatic rings. The molecular formula is C17H16N4OS. The Bertz CT molecular complexity index is 809. The molecule has 0 atom stereocenters. The van der Waals surface area contributed by atoms with Crippen molar-refractivity contribution in [3.63, 3.8) is 0 Å². The van der Waals surface area contributed by atoms with Crippen molar-refractivity contribution in [1.82, 2.24) is 10.4 Å². The number of para-hydroxylation sites is 1. The molecule has 0 aliphatic heterocycles. The first-order chi connectivity index (χ1) is 11.2. The standard InChI is InChI=1S/C17H16N4OS/c1-12(13-7-3-2-4-8-13)20-21-16(22)11-18-17-19-14-9-5-6-10-15(14)23-17/h2-10H,11H2,1H3,(H,18,19)(H,21,22)/b20-12-. The minimum absolute atomic E-state index is 0.130. The first-order valence-corrected chi connectivity index (χ1v) is 8.02. The molecule has 1 amide bonds. The molecule has 1 aromatic heterocycles. The Balaban J connectivity index is 1.55. The second-order valence-electron chi connectivity index (χ2n) is 4.94. The van der Waals surface area contributed by atoms with Crippen LogP contribution in [0.4, 0.5) is 5.13 Å². The van der Waals surface area contributed by atoms with E-state index < -0.39 is 0 Å². The number of hydrogen-bond donors (Lipinski definition) is 2. The minimum Gasteiger partial charge on any atom is -0.352 e. The fraction of sp³-hybridized carbons (Fsp3) is 0.118. The van der Waals surface area contributed by atoms with Crippen LogP contribution in [0.25, 0.3) is 10.2 Å². The van der Waals surface area contributed by atoms with E-state index in [1.165, 1.54) is 11.3 Å². The number of benzene rings is 2. The van der Waals surface area contributed by atoms with Crippen LogP contribution < -0.4 is 10.7 Å². The molecule has 0 fully saturated rings. The Kier molecular flexibility index (Phi) is 4.63. The maximum absolute atomic E-state index is 11.9. The average Bonchev–Trinajstić information content (AvgIpc) is 3.01. The fourth-order valence-electron chi connectivity index (χ4n) is 2.03. The second kappa shape index (κ2) is 7.02. The summed E-state index contributed by atoms with van der Waals surface area (Å²) in [5.41, 5.74) is 5.22. The quantitative estimate of drug-likeness (QED) is 0.559. The zero-order chi connectivity index (χ0) is 16.1. The van der Waals surface area contributed by atoms with Gasteiger partial charge in [0.05, 0.1) is 22.5 Å².